The lowest BCUT2D eigenvalue weighted by Crippen LogP contribution is -2.39. The van der Waals surface area contributed by atoms with Gasteiger partial charge in [0.1, 0.15) is 6.04 Å². The SMILES string of the molecule is O=C(O)C1CCN2CCCN12. The smallest absolute Gasteiger partial charge is 0.322 e. The van der Waals surface area contributed by atoms with Crippen LogP contribution in [-0.4, -0.2) is 46.8 Å². The van der Waals surface area contributed by atoms with Crippen LogP contribution in [0.2, 0.25) is 0 Å². The first kappa shape index (κ1) is 7.06. The molecule has 1 N–H and O–H groups in total. The number of rotatable bonds is 1. The van der Waals surface area contributed by atoms with Gasteiger partial charge in [0.25, 0.3) is 0 Å². The van der Waals surface area contributed by atoms with Crippen LogP contribution in [0.5, 0.6) is 0 Å². The second kappa shape index (κ2) is 2.46. The van der Waals surface area contributed by atoms with E-state index < -0.39 is 5.97 Å². The van der Waals surface area contributed by atoms with E-state index in [1.54, 1.807) is 0 Å². The zero-order chi connectivity index (χ0) is 7.84. The van der Waals surface area contributed by atoms with Gasteiger partial charge < -0.3 is 5.11 Å². The van der Waals surface area contributed by atoms with Gasteiger partial charge in [-0.3, -0.25) is 4.79 Å². The molecule has 2 fully saturated rings. The molecule has 1 atom stereocenters. The molecule has 2 rings (SSSR count). The number of fused-ring (bicyclic) bond motifs is 1. The molecule has 2 aliphatic heterocycles. The summed E-state index contributed by atoms with van der Waals surface area (Å²) in [6.45, 7) is 2.90. The summed E-state index contributed by atoms with van der Waals surface area (Å²) in [4.78, 5) is 10.7. The lowest BCUT2D eigenvalue weighted by Gasteiger charge is -2.21. The fraction of sp³-hybridized carbons (Fsp3) is 0.857. The summed E-state index contributed by atoms with van der Waals surface area (Å²) in [6.07, 6.45) is 1.90. The van der Waals surface area contributed by atoms with Crippen molar-refractivity contribution < 1.29 is 9.90 Å². The fourth-order valence-electron chi connectivity index (χ4n) is 1.95. The first-order valence-electron chi connectivity index (χ1n) is 4.03. The van der Waals surface area contributed by atoms with Gasteiger partial charge in [0.2, 0.25) is 0 Å². The Morgan fingerprint density at radius 2 is 2.18 bits per heavy atom. The maximum atomic E-state index is 10.7. The minimum Gasteiger partial charge on any atom is -0.480 e. The molecule has 0 aromatic rings. The van der Waals surface area contributed by atoms with E-state index in [0.717, 1.165) is 32.5 Å². The summed E-state index contributed by atoms with van der Waals surface area (Å²) in [7, 11) is 0. The third-order valence-corrected chi connectivity index (χ3v) is 2.47. The Morgan fingerprint density at radius 1 is 1.36 bits per heavy atom. The molecule has 0 aliphatic carbocycles. The predicted octanol–water partition coefficient (Wildman–Crippen LogP) is -0.234. The van der Waals surface area contributed by atoms with E-state index >= 15 is 0 Å². The predicted molar refractivity (Wildman–Crippen MR) is 38.9 cm³/mol. The van der Waals surface area contributed by atoms with Crippen LogP contribution in [-0.2, 0) is 4.79 Å². The van der Waals surface area contributed by atoms with Crippen molar-refractivity contribution in [2.45, 2.75) is 18.9 Å². The molecule has 0 aromatic heterocycles. The number of nitrogens with zero attached hydrogens (tertiary/aromatic N) is 2. The molecular formula is C7H12N2O2. The van der Waals surface area contributed by atoms with E-state index in [-0.39, 0.29) is 6.04 Å². The van der Waals surface area contributed by atoms with Crippen LogP contribution in [0, 0.1) is 0 Å². The topological polar surface area (TPSA) is 43.8 Å². The van der Waals surface area contributed by atoms with E-state index in [1.165, 1.54) is 0 Å². The summed E-state index contributed by atoms with van der Waals surface area (Å²) >= 11 is 0. The zero-order valence-electron chi connectivity index (χ0n) is 6.36. The molecule has 2 aliphatic rings. The molecule has 1 unspecified atom stereocenters. The van der Waals surface area contributed by atoms with Crippen molar-refractivity contribution in [3.8, 4) is 0 Å². The summed E-state index contributed by atoms with van der Waals surface area (Å²) in [6, 6.07) is -0.238. The van der Waals surface area contributed by atoms with Gasteiger partial charge in [0, 0.05) is 19.6 Å². The molecule has 2 heterocycles. The number of hydrogen-bond donors (Lipinski definition) is 1. The summed E-state index contributed by atoms with van der Waals surface area (Å²) in [5, 5.41) is 12.9. The van der Waals surface area contributed by atoms with Crippen molar-refractivity contribution in [2.24, 2.45) is 0 Å². The van der Waals surface area contributed by atoms with E-state index in [2.05, 4.69) is 5.01 Å². The highest BCUT2D eigenvalue weighted by Gasteiger charge is 2.38. The Bertz CT molecular complexity index is 183. The molecule has 4 heteroatoms. The van der Waals surface area contributed by atoms with Crippen molar-refractivity contribution in [1.82, 2.24) is 10.0 Å². The summed E-state index contributed by atoms with van der Waals surface area (Å²) in [5.74, 6) is -0.672. The zero-order valence-corrected chi connectivity index (χ0v) is 6.36. The lowest BCUT2D eigenvalue weighted by molar-refractivity contribution is -0.144. The van der Waals surface area contributed by atoms with Gasteiger partial charge in [-0.25, -0.2) is 10.0 Å². The number of carboxylic acids is 1. The highest BCUT2D eigenvalue weighted by molar-refractivity contribution is 5.73. The maximum absolute atomic E-state index is 10.7. The van der Waals surface area contributed by atoms with Crippen LogP contribution in [0.3, 0.4) is 0 Å². The molecule has 0 radical (unpaired) electrons. The largest absolute Gasteiger partial charge is 0.480 e. The third-order valence-electron chi connectivity index (χ3n) is 2.47. The van der Waals surface area contributed by atoms with Crippen molar-refractivity contribution in [1.29, 1.82) is 0 Å². The van der Waals surface area contributed by atoms with Gasteiger partial charge in [-0.1, -0.05) is 0 Å². The Morgan fingerprint density at radius 3 is 2.91 bits per heavy atom. The van der Waals surface area contributed by atoms with Gasteiger partial charge in [-0.2, -0.15) is 0 Å². The standard InChI is InChI=1S/C7H12N2O2/c10-7(11)6-2-5-8-3-1-4-9(6)8/h6H,1-5H2,(H,10,11). The van der Waals surface area contributed by atoms with Crippen LogP contribution in [0.1, 0.15) is 12.8 Å². The van der Waals surface area contributed by atoms with E-state index in [0.29, 0.717) is 0 Å². The van der Waals surface area contributed by atoms with E-state index in [4.69, 9.17) is 5.11 Å². The van der Waals surface area contributed by atoms with Gasteiger partial charge >= 0.3 is 5.97 Å². The van der Waals surface area contributed by atoms with Gasteiger partial charge in [-0.05, 0) is 12.8 Å². The summed E-state index contributed by atoms with van der Waals surface area (Å²) in [5.41, 5.74) is 0. The minimum absolute atomic E-state index is 0.238. The number of hydrogen-bond acceptors (Lipinski definition) is 3. The summed E-state index contributed by atoms with van der Waals surface area (Å²) < 4.78 is 0. The monoisotopic (exact) mass is 156 g/mol. The number of carbonyl (C=O) groups is 1. The normalized spacial score (nSPS) is 32.5. The van der Waals surface area contributed by atoms with Crippen LogP contribution in [0.25, 0.3) is 0 Å². The second-order valence-electron chi connectivity index (χ2n) is 3.11. The molecule has 2 saturated heterocycles. The van der Waals surface area contributed by atoms with Crippen LogP contribution in [0.15, 0.2) is 0 Å². The Hall–Kier alpha value is -0.610. The second-order valence-corrected chi connectivity index (χ2v) is 3.11. The molecule has 0 aromatic carbocycles. The number of hydrazine groups is 1. The Labute approximate surface area is 65.4 Å². The molecule has 0 bridgehead atoms. The highest BCUT2D eigenvalue weighted by atomic mass is 16.4. The first-order valence-corrected chi connectivity index (χ1v) is 4.03. The molecule has 11 heavy (non-hydrogen) atoms. The molecular weight excluding hydrogens is 144 g/mol. The maximum Gasteiger partial charge on any atom is 0.322 e. The molecule has 62 valence electrons. The van der Waals surface area contributed by atoms with Crippen molar-refractivity contribution in [3.63, 3.8) is 0 Å². The Balaban J connectivity index is 2.08. The molecule has 0 spiro atoms. The average molecular weight is 156 g/mol. The number of aliphatic carboxylic acids is 1. The molecule has 4 nitrogen and oxygen atoms in total. The van der Waals surface area contributed by atoms with Crippen molar-refractivity contribution >= 4 is 5.97 Å². The lowest BCUT2D eigenvalue weighted by atomic mass is 10.2. The van der Waals surface area contributed by atoms with Gasteiger partial charge in [-0.15, -0.1) is 0 Å². The third kappa shape index (κ3) is 1.02. The van der Waals surface area contributed by atoms with Gasteiger partial charge in [0.05, 0.1) is 0 Å². The van der Waals surface area contributed by atoms with Crippen molar-refractivity contribution in [2.75, 3.05) is 19.6 Å². The van der Waals surface area contributed by atoms with Crippen LogP contribution in [0.4, 0.5) is 0 Å². The van der Waals surface area contributed by atoms with Crippen molar-refractivity contribution in [3.05, 3.63) is 0 Å². The highest BCUT2D eigenvalue weighted by Crippen LogP contribution is 2.23. The fourth-order valence-corrected chi connectivity index (χ4v) is 1.95. The van der Waals surface area contributed by atoms with Gasteiger partial charge in [0.15, 0.2) is 0 Å². The van der Waals surface area contributed by atoms with Crippen LogP contribution >= 0.6 is 0 Å². The average Bonchev–Trinajstić information content (AvgIpc) is 2.41. The quantitative estimate of drug-likeness (QED) is 0.569. The molecule has 0 amide bonds. The van der Waals surface area contributed by atoms with E-state index in [1.807, 2.05) is 5.01 Å². The van der Waals surface area contributed by atoms with Crippen LogP contribution < -0.4 is 0 Å². The number of carboxylic acid groups (broad SMARTS) is 1. The minimum atomic E-state index is -0.672. The Kier molecular flexibility index (Phi) is 1.58. The van der Waals surface area contributed by atoms with E-state index in [9.17, 15) is 4.79 Å². The first-order chi connectivity index (χ1) is 5.29. The molecule has 0 saturated carbocycles.